The fraction of sp³-hybridized carbons (Fsp3) is 0.841. The number of aliphatic hydroxyl groups is 7. The number of allylic oxidation sites excluding steroid dienone is 10. The van der Waals surface area contributed by atoms with Gasteiger partial charge in [-0.1, -0.05) is 267 Å². The topological polar surface area (TPSA) is 214 Å². The second kappa shape index (κ2) is 55.0. The van der Waals surface area contributed by atoms with Gasteiger partial charge in [0.05, 0.1) is 26.4 Å². The maximum absolute atomic E-state index is 13.1. The zero-order valence-electron chi connectivity index (χ0n) is 52.4. The molecule has 0 radical (unpaired) electrons. The number of ether oxygens (including phenoxy) is 6. The first kappa shape index (κ1) is 76.8. The minimum atomic E-state index is -1.71. The molecule has 83 heavy (non-hydrogen) atoms. The lowest BCUT2D eigenvalue weighted by atomic mass is 9.98. The molecule has 14 nitrogen and oxygen atoms in total. The van der Waals surface area contributed by atoms with Gasteiger partial charge in [0.1, 0.15) is 54.9 Å². The van der Waals surface area contributed by atoms with Crippen molar-refractivity contribution >= 4 is 5.97 Å². The van der Waals surface area contributed by atoms with Gasteiger partial charge in [-0.25, -0.2) is 0 Å². The van der Waals surface area contributed by atoms with Crippen LogP contribution >= 0.6 is 0 Å². The average molecular weight is 1180 g/mol. The van der Waals surface area contributed by atoms with Crippen LogP contribution in [0.1, 0.15) is 271 Å². The summed E-state index contributed by atoms with van der Waals surface area (Å²) in [4.78, 5) is 13.1. The zero-order valence-corrected chi connectivity index (χ0v) is 52.4. The molecule has 0 amide bonds. The minimum Gasteiger partial charge on any atom is -0.457 e. The zero-order chi connectivity index (χ0) is 60.1. The van der Waals surface area contributed by atoms with Gasteiger partial charge in [-0.2, -0.15) is 0 Å². The summed E-state index contributed by atoms with van der Waals surface area (Å²) in [5.74, 6) is -0.379. The Morgan fingerprint density at radius 2 is 0.783 bits per heavy atom. The van der Waals surface area contributed by atoms with Crippen LogP contribution in [0.2, 0.25) is 0 Å². The standard InChI is InChI=1S/C69H124O14/c1-3-5-7-9-11-13-15-17-19-21-23-25-27-29-30-32-34-36-38-40-42-44-46-48-50-52-61(71)81-58(56-79-68-67(77)65(75)63(73)60(83-68)57-80-69-66(76)64(74)62(72)59(54-70)82-69)55-78-53-51-49-47-45-43-41-39-37-35-33-31-28-26-24-22-20-18-16-14-12-10-8-6-4-2/h5,7,11,13,17,19,23,25,29-30,58-60,62-70,72-77H,3-4,6,8-10,12,14-16,18,20-22,24,26-28,31-57H2,1-2H3/b7-5-,13-11-,19-17-,25-23-,30-29-. The number of carbonyl (C=O) groups excluding carboxylic acids is 1. The van der Waals surface area contributed by atoms with Crippen LogP contribution in [0.3, 0.4) is 0 Å². The van der Waals surface area contributed by atoms with Crippen LogP contribution < -0.4 is 0 Å². The normalized spacial score (nSPS) is 23.8. The first-order valence-electron chi connectivity index (χ1n) is 33.9. The van der Waals surface area contributed by atoms with E-state index in [0.717, 1.165) is 77.0 Å². The maximum Gasteiger partial charge on any atom is 0.306 e. The van der Waals surface area contributed by atoms with E-state index in [1.807, 2.05) is 0 Å². The van der Waals surface area contributed by atoms with Gasteiger partial charge in [0.25, 0.3) is 0 Å². The lowest BCUT2D eigenvalue weighted by Gasteiger charge is -2.42. The van der Waals surface area contributed by atoms with Gasteiger partial charge in [-0.05, 0) is 57.8 Å². The lowest BCUT2D eigenvalue weighted by Crippen LogP contribution is -2.61. The molecule has 0 aliphatic carbocycles. The van der Waals surface area contributed by atoms with E-state index in [-0.39, 0.29) is 25.6 Å². The van der Waals surface area contributed by atoms with Gasteiger partial charge < -0.3 is 64.2 Å². The van der Waals surface area contributed by atoms with E-state index >= 15 is 0 Å². The number of aliphatic hydroxyl groups excluding tert-OH is 7. The molecule has 0 aromatic heterocycles. The molecule has 0 spiro atoms. The Balaban J connectivity index is 1.65. The fourth-order valence-electron chi connectivity index (χ4n) is 10.7. The molecule has 2 aliphatic rings. The van der Waals surface area contributed by atoms with Crippen molar-refractivity contribution in [1.82, 2.24) is 0 Å². The molecular weight excluding hydrogens is 1050 g/mol. The Kier molecular flexibility index (Phi) is 50.9. The number of rotatable bonds is 56. The summed E-state index contributed by atoms with van der Waals surface area (Å²) >= 11 is 0. The Morgan fingerprint density at radius 1 is 0.410 bits per heavy atom. The molecular formula is C69H124O14. The lowest BCUT2D eigenvalue weighted by molar-refractivity contribution is -0.332. The van der Waals surface area contributed by atoms with Crippen LogP contribution in [-0.2, 0) is 33.2 Å². The Hall–Kier alpha value is -2.31. The molecule has 11 atom stereocenters. The van der Waals surface area contributed by atoms with E-state index in [1.54, 1.807) is 0 Å². The fourth-order valence-corrected chi connectivity index (χ4v) is 10.7. The minimum absolute atomic E-state index is 0.0606. The molecule has 484 valence electrons. The van der Waals surface area contributed by atoms with Crippen molar-refractivity contribution < 1.29 is 69.0 Å². The highest BCUT2D eigenvalue weighted by Gasteiger charge is 2.47. The smallest absolute Gasteiger partial charge is 0.306 e. The van der Waals surface area contributed by atoms with E-state index < -0.39 is 80.7 Å². The number of unbranched alkanes of at least 4 members (excludes halogenated alkanes) is 32. The highest BCUT2D eigenvalue weighted by atomic mass is 16.7. The van der Waals surface area contributed by atoms with E-state index in [2.05, 4.69) is 74.6 Å². The van der Waals surface area contributed by atoms with Crippen LogP contribution in [0, 0.1) is 0 Å². The summed E-state index contributed by atoms with van der Waals surface area (Å²) in [6.07, 6.45) is 54.3. The van der Waals surface area contributed by atoms with Gasteiger partial charge in [0.2, 0.25) is 0 Å². The van der Waals surface area contributed by atoms with Gasteiger partial charge in [-0.15, -0.1) is 0 Å². The Morgan fingerprint density at radius 3 is 1.23 bits per heavy atom. The number of carbonyl (C=O) groups is 1. The number of hydrogen-bond acceptors (Lipinski definition) is 14. The van der Waals surface area contributed by atoms with Crippen molar-refractivity contribution in [2.75, 3.05) is 33.0 Å². The van der Waals surface area contributed by atoms with Gasteiger partial charge in [0, 0.05) is 13.0 Å². The van der Waals surface area contributed by atoms with E-state index in [0.29, 0.717) is 13.0 Å². The molecule has 2 aliphatic heterocycles. The SMILES string of the molecule is CC/C=C\C/C=C\C/C=C\C/C=C\C/C=C\CCCCCCCCCCCC(=O)OC(COCCCCCCCCCCCCCCCCCCCCCCCCCC)COC1OC(COC2OC(CO)C(O)C(O)C2O)C(O)C(O)C1O. The van der Waals surface area contributed by atoms with Crippen molar-refractivity contribution in [2.45, 2.75) is 338 Å². The molecule has 7 N–H and O–H groups in total. The third-order valence-electron chi connectivity index (χ3n) is 16.0. The molecule has 0 bridgehead atoms. The summed E-state index contributed by atoms with van der Waals surface area (Å²) in [5, 5.41) is 72.6. The number of esters is 1. The summed E-state index contributed by atoms with van der Waals surface area (Å²) in [7, 11) is 0. The van der Waals surface area contributed by atoms with Gasteiger partial charge in [0.15, 0.2) is 12.6 Å². The molecule has 0 aromatic rings. The molecule has 11 unspecified atom stereocenters. The summed E-state index contributed by atoms with van der Waals surface area (Å²) in [6, 6.07) is 0. The summed E-state index contributed by atoms with van der Waals surface area (Å²) < 4.78 is 34.5. The van der Waals surface area contributed by atoms with E-state index in [4.69, 9.17) is 28.4 Å². The quantitative estimate of drug-likeness (QED) is 0.0171. The summed E-state index contributed by atoms with van der Waals surface area (Å²) in [6.45, 7) is 3.62. The van der Waals surface area contributed by atoms with Crippen molar-refractivity contribution in [3.8, 4) is 0 Å². The molecule has 0 aromatic carbocycles. The Labute approximate surface area is 504 Å². The summed E-state index contributed by atoms with van der Waals surface area (Å²) in [5.41, 5.74) is 0. The first-order chi connectivity index (χ1) is 40.6. The predicted octanol–water partition coefficient (Wildman–Crippen LogP) is 14.0. The maximum atomic E-state index is 13.1. The number of hydrogen-bond donors (Lipinski definition) is 7. The van der Waals surface area contributed by atoms with Crippen molar-refractivity contribution in [3.05, 3.63) is 60.8 Å². The highest BCUT2D eigenvalue weighted by Crippen LogP contribution is 2.27. The third kappa shape index (κ3) is 40.7. The van der Waals surface area contributed by atoms with Crippen LogP contribution in [0.4, 0.5) is 0 Å². The molecule has 2 saturated heterocycles. The van der Waals surface area contributed by atoms with E-state index in [9.17, 15) is 40.5 Å². The molecule has 14 heteroatoms. The van der Waals surface area contributed by atoms with Gasteiger partial charge >= 0.3 is 5.97 Å². The Bertz CT molecular complexity index is 1600. The monoisotopic (exact) mass is 1180 g/mol. The van der Waals surface area contributed by atoms with Crippen LogP contribution in [-0.4, -0.2) is 142 Å². The highest BCUT2D eigenvalue weighted by molar-refractivity contribution is 5.69. The second-order valence-corrected chi connectivity index (χ2v) is 23.6. The van der Waals surface area contributed by atoms with E-state index in [1.165, 1.54) is 167 Å². The molecule has 2 fully saturated rings. The third-order valence-corrected chi connectivity index (χ3v) is 16.0. The molecule has 2 heterocycles. The van der Waals surface area contributed by atoms with Crippen molar-refractivity contribution in [3.63, 3.8) is 0 Å². The molecule has 0 saturated carbocycles. The first-order valence-corrected chi connectivity index (χ1v) is 33.9. The van der Waals surface area contributed by atoms with Crippen molar-refractivity contribution in [2.24, 2.45) is 0 Å². The van der Waals surface area contributed by atoms with Gasteiger partial charge in [-0.3, -0.25) is 4.79 Å². The van der Waals surface area contributed by atoms with Crippen LogP contribution in [0.5, 0.6) is 0 Å². The van der Waals surface area contributed by atoms with Crippen molar-refractivity contribution in [1.29, 1.82) is 0 Å². The predicted molar refractivity (Wildman–Crippen MR) is 335 cm³/mol. The molecule has 2 rings (SSSR count). The second-order valence-electron chi connectivity index (χ2n) is 23.6. The largest absolute Gasteiger partial charge is 0.457 e. The van der Waals surface area contributed by atoms with Crippen LogP contribution in [0.15, 0.2) is 60.8 Å². The average Bonchev–Trinajstić information content (AvgIpc) is 3.67. The van der Waals surface area contributed by atoms with Crippen LogP contribution in [0.25, 0.3) is 0 Å².